The molecule has 0 amide bonds. The van der Waals surface area contributed by atoms with Gasteiger partial charge in [0.25, 0.3) is 10.0 Å². The van der Waals surface area contributed by atoms with E-state index in [9.17, 15) is 8.42 Å². The lowest BCUT2D eigenvalue weighted by Gasteiger charge is -2.09. The van der Waals surface area contributed by atoms with Crippen LogP contribution in [0.25, 0.3) is 0 Å². The summed E-state index contributed by atoms with van der Waals surface area (Å²) in [6, 6.07) is 20.0. The number of unbranched alkanes of at least 4 members (excludes halogenated alkanes) is 1. The van der Waals surface area contributed by atoms with Crippen LogP contribution in [0.4, 0.5) is 0 Å². The molecule has 3 aromatic rings. The summed E-state index contributed by atoms with van der Waals surface area (Å²) in [4.78, 5) is 6.67. The van der Waals surface area contributed by atoms with Gasteiger partial charge >= 0.3 is 0 Å². The SMILES string of the molecule is CCCCc1ccc(S(=O)(=O)NN=C(c2ccccc2)c2cccnc2)cc1. The Balaban J connectivity index is 1.87. The van der Waals surface area contributed by atoms with Crippen molar-refractivity contribution in [2.24, 2.45) is 5.10 Å². The molecular weight excluding hydrogens is 370 g/mol. The lowest BCUT2D eigenvalue weighted by molar-refractivity contribution is 0.584. The lowest BCUT2D eigenvalue weighted by atomic mass is 10.0. The second kappa shape index (κ2) is 9.28. The van der Waals surface area contributed by atoms with E-state index in [2.05, 4.69) is 21.8 Å². The highest BCUT2D eigenvalue weighted by Gasteiger charge is 2.14. The summed E-state index contributed by atoms with van der Waals surface area (Å²) in [5.74, 6) is 0. The molecule has 0 radical (unpaired) electrons. The molecule has 0 saturated carbocycles. The first kappa shape index (κ1) is 19.8. The van der Waals surface area contributed by atoms with E-state index in [-0.39, 0.29) is 4.90 Å². The Kier molecular flexibility index (Phi) is 6.55. The molecule has 6 heteroatoms. The van der Waals surface area contributed by atoms with Gasteiger partial charge < -0.3 is 0 Å². The average Bonchev–Trinajstić information content (AvgIpc) is 2.74. The van der Waals surface area contributed by atoms with Gasteiger partial charge in [-0.05, 0) is 42.7 Å². The van der Waals surface area contributed by atoms with Gasteiger partial charge in [0, 0.05) is 23.5 Å². The van der Waals surface area contributed by atoms with Crippen molar-refractivity contribution in [3.63, 3.8) is 0 Å². The van der Waals surface area contributed by atoms with Crippen LogP contribution >= 0.6 is 0 Å². The third kappa shape index (κ3) is 5.04. The van der Waals surface area contributed by atoms with Crippen molar-refractivity contribution in [2.75, 3.05) is 0 Å². The minimum atomic E-state index is -3.77. The predicted molar refractivity (Wildman–Crippen MR) is 112 cm³/mol. The topological polar surface area (TPSA) is 71.4 Å². The van der Waals surface area contributed by atoms with Gasteiger partial charge in [-0.15, -0.1) is 0 Å². The molecule has 0 fully saturated rings. The van der Waals surface area contributed by atoms with Crippen LogP contribution in [0.3, 0.4) is 0 Å². The second-order valence-electron chi connectivity index (χ2n) is 6.41. The quantitative estimate of drug-likeness (QED) is 0.461. The van der Waals surface area contributed by atoms with E-state index >= 15 is 0 Å². The highest BCUT2D eigenvalue weighted by molar-refractivity contribution is 7.89. The molecule has 0 aliphatic heterocycles. The molecule has 0 spiro atoms. The van der Waals surface area contributed by atoms with Crippen LogP contribution in [0.15, 0.2) is 89.1 Å². The molecule has 3 rings (SSSR count). The number of aryl methyl sites for hydroxylation is 1. The summed E-state index contributed by atoms with van der Waals surface area (Å²) in [6.07, 6.45) is 6.45. The Morgan fingerprint density at radius 2 is 1.68 bits per heavy atom. The summed E-state index contributed by atoms with van der Waals surface area (Å²) in [5, 5.41) is 4.22. The van der Waals surface area contributed by atoms with Crippen LogP contribution in [0, 0.1) is 0 Å². The van der Waals surface area contributed by atoms with E-state index < -0.39 is 10.0 Å². The first-order valence-corrected chi connectivity index (χ1v) is 10.7. The Morgan fingerprint density at radius 1 is 0.964 bits per heavy atom. The van der Waals surface area contributed by atoms with Crippen LogP contribution in [-0.2, 0) is 16.4 Å². The third-order valence-electron chi connectivity index (χ3n) is 4.31. The van der Waals surface area contributed by atoms with Crippen LogP contribution in [-0.4, -0.2) is 19.1 Å². The fraction of sp³-hybridized carbons (Fsp3) is 0.182. The second-order valence-corrected chi connectivity index (χ2v) is 8.07. The molecule has 0 bridgehead atoms. The average molecular weight is 394 g/mol. The molecular formula is C22H23N3O2S. The normalized spacial score (nSPS) is 12.0. The Labute approximate surface area is 166 Å². The molecule has 28 heavy (non-hydrogen) atoms. The number of hydrogen-bond donors (Lipinski definition) is 1. The number of hydrogen-bond acceptors (Lipinski definition) is 4. The molecule has 0 saturated heterocycles. The zero-order chi connectivity index (χ0) is 19.8. The molecule has 144 valence electrons. The number of nitrogens with one attached hydrogen (secondary N) is 1. The highest BCUT2D eigenvalue weighted by Crippen LogP contribution is 2.14. The first-order chi connectivity index (χ1) is 13.6. The van der Waals surface area contributed by atoms with Crippen LogP contribution in [0.2, 0.25) is 0 Å². The van der Waals surface area contributed by atoms with Gasteiger partial charge in [-0.1, -0.05) is 55.8 Å². The van der Waals surface area contributed by atoms with Crippen molar-refractivity contribution in [1.82, 2.24) is 9.82 Å². The van der Waals surface area contributed by atoms with Gasteiger partial charge in [-0.2, -0.15) is 18.4 Å². The van der Waals surface area contributed by atoms with Gasteiger partial charge in [-0.3, -0.25) is 4.98 Å². The van der Waals surface area contributed by atoms with Crippen molar-refractivity contribution in [3.05, 3.63) is 95.8 Å². The van der Waals surface area contributed by atoms with Crippen LogP contribution < -0.4 is 4.83 Å². The largest absolute Gasteiger partial charge is 0.276 e. The van der Waals surface area contributed by atoms with E-state index in [1.165, 1.54) is 0 Å². The van der Waals surface area contributed by atoms with Crippen molar-refractivity contribution in [3.8, 4) is 0 Å². The molecule has 0 aliphatic rings. The molecule has 0 aliphatic carbocycles. The number of aromatic nitrogens is 1. The van der Waals surface area contributed by atoms with Crippen molar-refractivity contribution in [1.29, 1.82) is 0 Å². The fourth-order valence-corrected chi connectivity index (χ4v) is 3.58. The van der Waals surface area contributed by atoms with Crippen LogP contribution in [0.5, 0.6) is 0 Å². The first-order valence-electron chi connectivity index (χ1n) is 9.24. The Bertz CT molecular complexity index is 975. The van der Waals surface area contributed by atoms with E-state index in [0.29, 0.717) is 5.71 Å². The van der Waals surface area contributed by atoms with Crippen molar-refractivity contribution >= 4 is 15.7 Å². The zero-order valence-corrected chi connectivity index (χ0v) is 16.6. The maximum atomic E-state index is 12.7. The van der Waals surface area contributed by atoms with Gasteiger partial charge in [0.15, 0.2) is 0 Å². The number of benzene rings is 2. The standard InChI is InChI=1S/C22H23N3O2S/c1-2-3-8-18-12-14-21(15-13-18)28(26,27)25-24-22(19-9-5-4-6-10-19)20-11-7-16-23-17-20/h4-7,9-17,25H,2-3,8H2,1H3. The minimum Gasteiger partial charge on any atom is -0.264 e. The monoisotopic (exact) mass is 393 g/mol. The summed E-state index contributed by atoms with van der Waals surface area (Å²) < 4.78 is 25.4. The van der Waals surface area contributed by atoms with Gasteiger partial charge in [0.1, 0.15) is 5.71 Å². The van der Waals surface area contributed by atoms with E-state index in [0.717, 1.165) is 36.0 Å². The van der Waals surface area contributed by atoms with Crippen LogP contribution in [0.1, 0.15) is 36.5 Å². The Morgan fingerprint density at radius 3 is 2.32 bits per heavy atom. The summed E-state index contributed by atoms with van der Waals surface area (Å²) in [5.41, 5.74) is 3.17. The van der Waals surface area contributed by atoms with Crippen molar-refractivity contribution in [2.45, 2.75) is 31.1 Å². The highest BCUT2D eigenvalue weighted by atomic mass is 32.2. The minimum absolute atomic E-state index is 0.190. The predicted octanol–water partition coefficient (Wildman–Crippen LogP) is 4.16. The number of pyridine rings is 1. The van der Waals surface area contributed by atoms with Gasteiger partial charge in [0.2, 0.25) is 0 Å². The smallest absolute Gasteiger partial charge is 0.264 e. The number of rotatable bonds is 8. The number of sulfonamides is 1. The Hall–Kier alpha value is -2.99. The molecule has 5 nitrogen and oxygen atoms in total. The van der Waals surface area contributed by atoms with E-state index in [1.807, 2.05) is 48.5 Å². The maximum Gasteiger partial charge on any atom is 0.276 e. The van der Waals surface area contributed by atoms with Gasteiger partial charge in [0.05, 0.1) is 4.90 Å². The van der Waals surface area contributed by atoms with Crippen molar-refractivity contribution < 1.29 is 8.42 Å². The lowest BCUT2D eigenvalue weighted by Crippen LogP contribution is -2.21. The molecule has 1 heterocycles. The number of nitrogens with zero attached hydrogens (tertiary/aromatic N) is 2. The molecule has 1 N–H and O–H groups in total. The summed E-state index contributed by atoms with van der Waals surface area (Å²) in [7, 11) is -3.77. The van der Waals surface area contributed by atoms with E-state index in [4.69, 9.17) is 0 Å². The molecule has 0 atom stereocenters. The fourth-order valence-electron chi connectivity index (χ4n) is 2.77. The third-order valence-corrected chi connectivity index (χ3v) is 5.54. The van der Waals surface area contributed by atoms with Gasteiger partial charge in [-0.25, -0.2) is 0 Å². The molecule has 0 unspecified atom stereocenters. The summed E-state index contributed by atoms with van der Waals surface area (Å²) in [6.45, 7) is 2.13. The maximum absolute atomic E-state index is 12.7. The molecule has 2 aromatic carbocycles. The van der Waals surface area contributed by atoms with E-state index in [1.54, 1.807) is 30.6 Å². The number of hydrazone groups is 1. The zero-order valence-electron chi connectivity index (χ0n) is 15.7. The summed E-state index contributed by atoms with van der Waals surface area (Å²) >= 11 is 0. The molecule has 1 aromatic heterocycles.